The molecule has 7 heteroatoms. The van der Waals surface area contributed by atoms with Gasteiger partial charge in [0.1, 0.15) is 6.61 Å². The van der Waals surface area contributed by atoms with Crippen LogP contribution in [0.2, 0.25) is 0 Å². The number of hydrogen-bond acceptors (Lipinski definition) is 3. The SMILES string of the molecule is CCCN(CC(=O)N(Cc1cccn1Cc1ccc(Br)cc1)C1CCCCC1)C(=O)COC. The second-order valence-corrected chi connectivity index (χ2v) is 9.73. The average molecular weight is 518 g/mol. The molecule has 0 unspecified atom stereocenters. The minimum absolute atomic E-state index is 0.00670. The lowest BCUT2D eigenvalue weighted by atomic mass is 9.94. The van der Waals surface area contributed by atoms with Crippen molar-refractivity contribution in [1.82, 2.24) is 14.4 Å². The highest BCUT2D eigenvalue weighted by Gasteiger charge is 2.28. The van der Waals surface area contributed by atoms with Crippen molar-refractivity contribution < 1.29 is 14.3 Å². The number of benzene rings is 1. The summed E-state index contributed by atoms with van der Waals surface area (Å²) in [7, 11) is 1.51. The predicted molar refractivity (Wildman–Crippen MR) is 134 cm³/mol. The molecule has 33 heavy (non-hydrogen) atoms. The minimum atomic E-state index is -0.130. The number of aromatic nitrogens is 1. The first kappa shape index (κ1) is 25.5. The van der Waals surface area contributed by atoms with E-state index in [1.807, 2.05) is 17.9 Å². The minimum Gasteiger partial charge on any atom is -0.375 e. The Kier molecular flexibility index (Phi) is 10.0. The lowest BCUT2D eigenvalue weighted by molar-refractivity contribution is -0.144. The van der Waals surface area contributed by atoms with E-state index in [-0.39, 0.29) is 31.0 Å². The molecule has 0 spiro atoms. The standard InChI is InChI=1S/C26H36BrN3O3/c1-3-15-29(26(32)20-33-2)19-25(31)30(23-8-5-4-6-9-23)18-24-10-7-16-28(24)17-21-11-13-22(27)14-12-21/h7,10-14,16,23H,3-6,8-9,15,17-20H2,1-2H3. The molecule has 1 aromatic carbocycles. The number of ether oxygens (including phenoxy) is 1. The Hall–Kier alpha value is -2.12. The van der Waals surface area contributed by atoms with E-state index in [0.29, 0.717) is 13.1 Å². The number of carbonyl (C=O) groups is 2. The molecule has 2 amide bonds. The van der Waals surface area contributed by atoms with Crippen molar-refractivity contribution in [1.29, 1.82) is 0 Å². The first-order valence-electron chi connectivity index (χ1n) is 12.0. The molecular weight excluding hydrogens is 482 g/mol. The van der Waals surface area contributed by atoms with E-state index in [1.165, 1.54) is 19.1 Å². The monoisotopic (exact) mass is 517 g/mol. The maximum atomic E-state index is 13.5. The van der Waals surface area contributed by atoms with Crippen molar-refractivity contribution in [2.75, 3.05) is 26.8 Å². The Labute approximate surface area is 206 Å². The predicted octanol–water partition coefficient (Wildman–Crippen LogP) is 4.85. The third-order valence-electron chi connectivity index (χ3n) is 6.30. The van der Waals surface area contributed by atoms with Crippen LogP contribution in [0.5, 0.6) is 0 Å². The van der Waals surface area contributed by atoms with E-state index in [9.17, 15) is 9.59 Å². The zero-order chi connectivity index (χ0) is 23.6. The molecule has 0 atom stereocenters. The van der Waals surface area contributed by atoms with E-state index < -0.39 is 0 Å². The number of amides is 2. The van der Waals surface area contributed by atoms with Crippen LogP contribution in [0.4, 0.5) is 0 Å². The van der Waals surface area contributed by atoms with Gasteiger partial charge in [-0.25, -0.2) is 0 Å². The van der Waals surface area contributed by atoms with Gasteiger partial charge < -0.3 is 19.1 Å². The summed E-state index contributed by atoms with van der Waals surface area (Å²) in [5.74, 6) is -0.105. The molecule has 1 aromatic heterocycles. The summed E-state index contributed by atoms with van der Waals surface area (Å²) in [6.07, 6.45) is 8.46. The van der Waals surface area contributed by atoms with Gasteiger partial charge >= 0.3 is 0 Å². The largest absolute Gasteiger partial charge is 0.375 e. The molecule has 0 N–H and O–H groups in total. The third-order valence-corrected chi connectivity index (χ3v) is 6.83. The van der Waals surface area contributed by atoms with Crippen LogP contribution in [0.1, 0.15) is 56.7 Å². The van der Waals surface area contributed by atoms with E-state index in [1.54, 1.807) is 4.90 Å². The van der Waals surface area contributed by atoms with Crippen molar-refractivity contribution in [3.8, 4) is 0 Å². The molecule has 3 rings (SSSR count). The number of carbonyl (C=O) groups excluding carboxylic acids is 2. The van der Waals surface area contributed by atoms with Crippen LogP contribution in [0, 0.1) is 0 Å². The van der Waals surface area contributed by atoms with Crippen LogP contribution >= 0.6 is 15.9 Å². The van der Waals surface area contributed by atoms with Gasteiger partial charge in [-0.15, -0.1) is 0 Å². The van der Waals surface area contributed by atoms with E-state index in [4.69, 9.17) is 4.74 Å². The summed E-state index contributed by atoms with van der Waals surface area (Å²) >= 11 is 3.49. The molecule has 0 saturated heterocycles. The first-order chi connectivity index (χ1) is 16.0. The molecule has 0 aliphatic heterocycles. The highest BCUT2D eigenvalue weighted by molar-refractivity contribution is 9.10. The fourth-order valence-corrected chi connectivity index (χ4v) is 4.82. The molecule has 180 valence electrons. The Balaban J connectivity index is 1.77. The first-order valence-corrected chi connectivity index (χ1v) is 12.8. The van der Waals surface area contributed by atoms with Gasteiger partial charge in [-0.3, -0.25) is 9.59 Å². The van der Waals surface area contributed by atoms with Crippen LogP contribution in [0.25, 0.3) is 0 Å². The molecular formula is C26H36BrN3O3. The van der Waals surface area contributed by atoms with Crippen LogP contribution in [0.3, 0.4) is 0 Å². The van der Waals surface area contributed by atoms with Gasteiger partial charge in [0.05, 0.1) is 13.1 Å². The van der Waals surface area contributed by atoms with Gasteiger partial charge in [0.15, 0.2) is 0 Å². The smallest absolute Gasteiger partial charge is 0.249 e. The van der Waals surface area contributed by atoms with Gasteiger partial charge in [-0.05, 0) is 49.1 Å². The summed E-state index contributed by atoms with van der Waals surface area (Å²) in [5.41, 5.74) is 2.33. The number of hydrogen-bond donors (Lipinski definition) is 0. The summed E-state index contributed by atoms with van der Waals surface area (Å²) in [5, 5.41) is 0. The van der Waals surface area contributed by atoms with Crippen molar-refractivity contribution in [2.24, 2.45) is 0 Å². The summed E-state index contributed by atoms with van der Waals surface area (Å²) in [4.78, 5) is 29.7. The quantitative estimate of drug-likeness (QED) is 0.428. The number of methoxy groups -OCH3 is 1. The molecule has 6 nitrogen and oxygen atoms in total. The molecule has 2 aromatic rings. The fourth-order valence-electron chi connectivity index (χ4n) is 4.55. The number of rotatable bonds is 11. The van der Waals surface area contributed by atoms with Gasteiger partial charge in [-0.2, -0.15) is 0 Å². The number of halogens is 1. The normalized spacial score (nSPS) is 14.3. The van der Waals surface area contributed by atoms with Crippen LogP contribution in [-0.4, -0.2) is 59.0 Å². The van der Waals surface area contributed by atoms with E-state index >= 15 is 0 Å². The maximum absolute atomic E-state index is 13.5. The molecule has 1 fully saturated rings. The molecule has 0 bridgehead atoms. The van der Waals surface area contributed by atoms with Gasteiger partial charge in [0.25, 0.3) is 0 Å². The third kappa shape index (κ3) is 7.44. The molecule has 1 saturated carbocycles. The van der Waals surface area contributed by atoms with Crippen molar-refractivity contribution in [3.05, 3.63) is 58.3 Å². The molecule has 0 radical (unpaired) electrons. The molecule has 1 aliphatic rings. The Morgan fingerprint density at radius 2 is 1.82 bits per heavy atom. The second-order valence-electron chi connectivity index (χ2n) is 8.82. The fraction of sp³-hybridized carbons (Fsp3) is 0.538. The lowest BCUT2D eigenvalue weighted by Gasteiger charge is -2.36. The summed E-state index contributed by atoms with van der Waals surface area (Å²) < 4.78 is 8.31. The van der Waals surface area contributed by atoms with Gasteiger partial charge in [0.2, 0.25) is 11.8 Å². The Morgan fingerprint density at radius 1 is 1.09 bits per heavy atom. The summed E-state index contributed by atoms with van der Waals surface area (Å²) in [6, 6.07) is 12.7. The van der Waals surface area contributed by atoms with Crippen molar-refractivity contribution in [2.45, 2.75) is 64.6 Å². The molecule has 1 aliphatic carbocycles. The highest BCUT2D eigenvalue weighted by atomic mass is 79.9. The lowest BCUT2D eigenvalue weighted by Crippen LogP contribution is -2.48. The van der Waals surface area contributed by atoms with Crippen LogP contribution in [-0.2, 0) is 27.4 Å². The zero-order valence-electron chi connectivity index (χ0n) is 19.8. The van der Waals surface area contributed by atoms with Crippen molar-refractivity contribution >= 4 is 27.7 Å². The van der Waals surface area contributed by atoms with Crippen LogP contribution in [0.15, 0.2) is 47.1 Å². The van der Waals surface area contributed by atoms with E-state index in [0.717, 1.165) is 48.8 Å². The van der Waals surface area contributed by atoms with Gasteiger partial charge in [0, 0.05) is 42.6 Å². The topological polar surface area (TPSA) is 54.8 Å². The Morgan fingerprint density at radius 3 is 2.48 bits per heavy atom. The second kappa shape index (κ2) is 12.9. The van der Waals surface area contributed by atoms with Gasteiger partial charge in [-0.1, -0.05) is 54.2 Å². The Bertz CT molecular complexity index is 890. The maximum Gasteiger partial charge on any atom is 0.249 e. The average Bonchev–Trinajstić information content (AvgIpc) is 3.26. The highest BCUT2D eigenvalue weighted by Crippen LogP contribution is 2.25. The van der Waals surface area contributed by atoms with Crippen molar-refractivity contribution in [3.63, 3.8) is 0 Å². The van der Waals surface area contributed by atoms with E-state index in [2.05, 4.69) is 57.0 Å². The molecule has 1 heterocycles. The number of nitrogens with zero attached hydrogens (tertiary/aromatic N) is 3. The zero-order valence-corrected chi connectivity index (χ0v) is 21.4. The van der Waals surface area contributed by atoms with Crippen LogP contribution < -0.4 is 0 Å². The summed E-state index contributed by atoms with van der Waals surface area (Å²) in [6.45, 7) is 4.02.